The number of furan rings is 1. The van der Waals surface area contributed by atoms with Gasteiger partial charge in [0.05, 0.1) is 17.9 Å². The Bertz CT molecular complexity index is 940. The summed E-state index contributed by atoms with van der Waals surface area (Å²) in [5.41, 5.74) is 0.714. The Balaban J connectivity index is 1.97. The van der Waals surface area contributed by atoms with Gasteiger partial charge in [-0.05, 0) is 48.9 Å². The molecule has 2 heterocycles. The summed E-state index contributed by atoms with van der Waals surface area (Å²) in [6, 6.07) is 9.82. The molecule has 0 spiro atoms. The van der Waals surface area contributed by atoms with Crippen molar-refractivity contribution in [3.05, 3.63) is 84.0 Å². The van der Waals surface area contributed by atoms with E-state index < -0.39 is 23.5 Å². The van der Waals surface area contributed by atoms with E-state index >= 15 is 0 Å². The van der Waals surface area contributed by atoms with Gasteiger partial charge < -0.3 is 19.2 Å². The number of ether oxygens (including phenoxy) is 1. The number of ketones is 1. The minimum atomic E-state index is -0.696. The monoisotopic (exact) mass is 379 g/mol. The zero-order chi connectivity index (χ0) is 20.1. The van der Waals surface area contributed by atoms with Crippen molar-refractivity contribution in [2.24, 2.45) is 0 Å². The molecule has 1 N–H and O–H groups in total. The predicted molar refractivity (Wildman–Crippen MR) is 105 cm³/mol. The van der Waals surface area contributed by atoms with Crippen LogP contribution in [0.1, 0.15) is 24.3 Å². The second-order valence-corrected chi connectivity index (χ2v) is 6.14. The lowest BCUT2D eigenvalue weighted by Crippen LogP contribution is -2.30. The number of benzene rings is 1. The number of aliphatic hydroxyl groups is 1. The van der Waals surface area contributed by atoms with E-state index in [1.165, 1.54) is 23.3 Å². The van der Waals surface area contributed by atoms with Crippen LogP contribution in [0.15, 0.2) is 77.1 Å². The summed E-state index contributed by atoms with van der Waals surface area (Å²) >= 11 is 0. The molecule has 144 valence electrons. The number of hydrogen-bond acceptors (Lipinski definition) is 5. The minimum absolute atomic E-state index is 0.0375. The van der Waals surface area contributed by atoms with Crippen LogP contribution < -0.4 is 4.74 Å². The van der Waals surface area contributed by atoms with E-state index in [2.05, 4.69) is 6.58 Å². The van der Waals surface area contributed by atoms with Crippen molar-refractivity contribution in [1.29, 1.82) is 0 Å². The van der Waals surface area contributed by atoms with Gasteiger partial charge in [-0.25, -0.2) is 0 Å². The van der Waals surface area contributed by atoms with Crippen molar-refractivity contribution in [3.8, 4) is 5.75 Å². The van der Waals surface area contributed by atoms with E-state index in [4.69, 9.17) is 9.15 Å². The summed E-state index contributed by atoms with van der Waals surface area (Å²) < 4.78 is 10.7. The third-order valence-electron chi connectivity index (χ3n) is 4.39. The first kappa shape index (κ1) is 19.2. The molecule has 0 radical (unpaired) electrons. The van der Waals surface area contributed by atoms with Gasteiger partial charge in [-0.15, -0.1) is 0 Å². The Labute approximate surface area is 163 Å². The van der Waals surface area contributed by atoms with Crippen LogP contribution in [0, 0.1) is 0 Å². The highest BCUT2D eigenvalue weighted by atomic mass is 16.5. The Morgan fingerprint density at radius 2 is 2.18 bits per heavy atom. The first-order chi connectivity index (χ1) is 13.6. The number of aliphatic hydroxyl groups excluding tert-OH is 1. The van der Waals surface area contributed by atoms with Gasteiger partial charge in [-0.2, -0.15) is 0 Å². The molecule has 0 aliphatic carbocycles. The van der Waals surface area contributed by atoms with Crippen LogP contribution >= 0.6 is 0 Å². The SMILES string of the molecule is C=CCOc1cccc(C2C(C(=O)/C=C/c3ccco3)=C(O)C(=O)N2CC)c1. The first-order valence-corrected chi connectivity index (χ1v) is 8.90. The zero-order valence-corrected chi connectivity index (χ0v) is 15.5. The van der Waals surface area contributed by atoms with Crippen LogP contribution in [0.5, 0.6) is 5.75 Å². The van der Waals surface area contributed by atoms with E-state index in [9.17, 15) is 14.7 Å². The van der Waals surface area contributed by atoms with Gasteiger partial charge in [0.15, 0.2) is 11.5 Å². The molecule has 1 atom stereocenters. The molecule has 1 aromatic heterocycles. The van der Waals surface area contributed by atoms with Crippen molar-refractivity contribution in [2.75, 3.05) is 13.2 Å². The molecule has 28 heavy (non-hydrogen) atoms. The van der Waals surface area contributed by atoms with Crippen LogP contribution in [0.3, 0.4) is 0 Å². The molecule has 0 fully saturated rings. The van der Waals surface area contributed by atoms with E-state index in [0.717, 1.165) is 0 Å². The highest BCUT2D eigenvalue weighted by Gasteiger charge is 2.42. The summed E-state index contributed by atoms with van der Waals surface area (Å²) in [6.45, 7) is 6.09. The van der Waals surface area contributed by atoms with E-state index in [0.29, 0.717) is 30.2 Å². The van der Waals surface area contributed by atoms with E-state index in [1.54, 1.807) is 49.4 Å². The fraction of sp³-hybridized carbons (Fsp3) is 0.182. The largest absolute Gasteiger partial charge is 0.503 e. The molecule has 0 bridgehead atoms. The Morgan fingerprint density at radius 3 is 2.86 bits per heavy atom. The maximum absolute atomic E-state index is 12.8. The highest BCUT2D eigenvalue weighted by molar-refractivity contribution is 6.14. The number of likely N-dealkylation sites (N-methyl/N-ethyl adjacent to an activating group) is 1. The van der Waals surface area contributed by atoms with Crippen LogP contribution in [0.2, 0.25) is 0 Å². The molecular weight excluding hydrogens is 358 g/mol. The third kappa shape index (κ3) is 3.76. The highest BCUT2D eigenvalue weighted by Crippen LogP contribution is 2.38. The topological polar surface area (TPSA) is 80.0 Å². The summed E-state index contributed by atoms with van der Waals surface area (Å²) in [4.78, 5) is 26.8. The summed E-state index contributed by atoms with van der Waals surface area (Å²) in [7, 11) is 0. The van der Waals surface area contributed by atoms with Gasteiger partial charge in [-0.3, -0.25) is 9.59 Å². The van der Waals surface area contributed by atoms with Gasteiger partial charge in [0.2, 0.25) is 0 Å². The normalized spacial score (nSPS) is 16.8. The van der Waals surface area contributed by atoms with Crippen LogP contribution in [-0.4, -0.2) is 34.8 Å². The van der Waals surface area contributed by atoms with Crippen LogP contribution in [-0.2, 0) is 9.59 Å². The molecular formula is C22H21NO5. The van der Waals surface area contributed by atoms with Crippen molar-refractivity contribution < 1.29 is 23.8 Å². The summed E-state index contributed by atoms with van der Waals surface area (Å²) in [5.74, 6) is -0.467. The van der Waals surface area contributed by atoms with Crippen molar-refractivity contribution in [3.63, 3.8) is 0 Å². The van der Waals surface area contributed by atoms with E-state index in [1.807, 2.05) is 0 Å². The first-order valence-electron chi connectivity index (χ1n) is 8.90. The summed E-state index contributed by atoms with van der Waals surface area (Å²) in [5, 5.41) is 10.4. The molecule has 2 aromatic rings. The molecule has 3 rings (SSSR count). The molecule has 1 unspecified atom stereocenters. The molecule has 1 aliphatic heterocycles. The lowest BCUT2D eigenvalue weighted by Gasteiger charge is -2.25. The average Bonchev–Trinajstić information content (AvgIpc) is 3.31. The van der Waals surface area contributed by atoms with Gasteiger partial charge in [0.25, 0.3) is 5.91 Å². The second-order valence-electron chi connectivity index (χ2n) is 6.14. The second kappa shape index (κ2) is 8.43. The molecule has 6 nitrogen and oxygen atoms in total. The molecule has 0 saturated heterocycles. The lowest BCUT2D eigenvalue weighted by molar-refractivity contribution is -0.129. The number of carbonyl (C=O) groups excluding carboxylic acids is 2. The number of hydrogen-bond donors (Lipinski definition) is 1. The van der Waals surface area contributed by atoms with Crippen LogP contribution in [0.25, 0.3) is 6.08 Å². The fourth-order valence-electron chi connectivity index (χ4n) is 3.14. The maximum Gasteiger partial charge on any atom is 0.290 e. The number of rotatable bonds is 8. The summed E-state index contributed by atoms with van der Waals surface area (Å²) in [6.07, 6.45) is 5.92. The maximum atomic E-state index is 12.8. The molecule has 0 saturated carbocycles. The van der Waals surface area contributed by atoms with Gasteiger partial charge in [0, 0.05) is 6.54 Å². The number of nitrogens with zero attached hydrogens (tertiary/aromatic N) is 1. The average molecular weight is 379 g/mol. The molecule has 1 aromatic carbocycles. The predicted octanol–water partition coefficient (Wildman–Crippen LogP) is 3.84. The third-order valence-corrected chi connectivity index (χ3v) is 4.39. The minimum Gasteiger partial charge on any atom is -0.503 e. The number of allylic oxidation sites excluding steroid dienone is 1. The number of amides is 1. The lowest BCUT2D eigenvalue weighted by atomic mass is 9.95. The van der Waals surface area contributed by atoms with Crippen molar-refractivity contribution >= 4 is 17.8 Å². The van der Waals surface area contributed by atoms with Crippen LogP contribution in [0.4, 0.5) is 0 Å². The smallest absolute Gasteiger partial charge is 0.290 e. The Morgan fingerprint density at radius 1 is 1.36 bits per heavy atom. The van der Waals surface area contributed by atoms with Gasteiger partial charge in [0.1, 0.15) is 18.1 Å². The zero-order valence-electron chi connectivity index (χ0n) is 15.5. The van der Waals surface area contributed by atoms with E-state index in [-0.39, 0.29) is 5.57 Å². The Hall–Kier alpha value is -3.54. The fourth-order valence-corrected chi connectivity index (χ4v) is 3.14. The number of carbonyl (C=O) groups is 2. The Kier molecular flexibility index (Phi) is 5.79. The molecule has 6 heteroatoms. The quantitative estimate of drug-likeness (QED) is 0.557. The molecule has 1 aliphatic rings. The van der Waals surface area contributed by atoms with Gasteiger partial charge in [-0.1, -0.05) is 24.8 Å². The van der Waals surface area contributed by atoms with Crippen molar-refractivity contribution in [2.45, 2.75) is 13.0 Å². The standard InChI is InChI=1S/C22H21NO5/c1-3-12-27-17-8-5-7-15(14-17)20-19(21(25)22(26)23(20)4-2)18(24)11-10-16-9-6-13-28-16/h3,5-11,13-14,20,25H,1,4,12H2,2H3/b11-10+. The van der Waals surface area contributed by atoms with Gasteiger partial charge >= 0.3 is 0 Å². The van der Waals surface area contributed by atoms with Crippen molar-refractivity contribution in [1.82, 2.24) is 4.90 Å². The molecule has 1 amide bonds.